The van der Waals surface area contributed by atoms with Gasteiger partial charge in [-0.05, 0) is 42.0 Å². The second-order valence-electron chi connectivity index (χ2n) is 4.22. The van der Waals surface area contributed by atoms with Crippen LogP contribution >= 0.6 is 11.6 Å². The molecule has 4 heteroatoms. The molecule has 0 aliphatic carbocycles. The van der Waals surface area contributed by atoms with Crippen LogP contribution in [0.1, 0.15) is 5.56 Å². The van der Waals surface area contributed by atoms with Gasteiger partial charge in [-0.3, -0.25) is 4.99 Å². The zero-order valence-corrected chi connectivity index (χ0v) is 11.3. The van der Waals surface area contributed by atoms with E-state index in [1.54, 1.807) is 12.4 Å². The first-order valence-electron chi connectivity index (χ1n) is 6.10. The lowest BCUT2D eigenvalue weighted by Crippen LogP contribution is -1.79. The van der Waals surface area contributed by atoms with Crippen LogP contribution in [0.25, 0.3) is 11.3 Å². The topological polar surface area (TPSA) is 38.4 Å². The van der Waals surface area contributed by atoms with Gasteiger partial charge in [0.05, 0.1) is 11.9 Å². The number of aliphatic imine (C=N–C) groups is 1. The van der Waals surface area contributed by atoms with E-state index in [0.29, 0.717) is 0 Å². The number of halogens is 1. The van der Waals surface area contributed by atoms with Gasteiger partial charge in [-0.15, -0.1) is 0 Å². The second-order valence-corrected chi connectivity index (χ2v) is 4.66. The Balaban J connectivity index is 1.76. The fourth-order valence-electron chi connectivity index (χ4n) is 1.77. The van der Waals surface area contributed by atoms with Crippen molar-refractivity contribution >= 4 is 23.5 Å². The first kappa shape index (κ1) is 12.6. The van der Waals surface area contributed by atoms with Crippen LogP contribution in [0.5, 0.6) is 0 Å². The molecule has 20 heavy (non-hydrogen) atoms. The molecule has 0 atom stereocenters. The van der Waals surface area contributed by atoms with Crippen LogP contribution in [-0.2, 0) is 0 Å². The third-order valence-corrected chi connectivity index (χ3v) is 3.07. The molecule has 3 nitrogen and oxygen atoms in total. The summed E-state index contributed by atoms with van der Waals surface area (Å²) in [5.74, 6) is 0.748. The summed E-state index contributed by atoms with van der Waals surface area (Å²) in [6, 6.07) is 15.3. The highest BCUT2D eigenvalue weighted by Crippen LogP contribution is 2.22. The molecule has 1 heterocycles. The molecule has 2 aromatic carbocycles. The van der Waals surface area contributed by atoms with Crippen LogP contribution in [0.15, 0.2) is 70.5 Å². The highest BCUT2D eigenvalue weighted by atomic mass is 35.5. The van der Waals surface area contributed by atoms with Crippen LogP contribution in [0.3, 0.4) is 0 Å². The highest BCUT2D eigenvalue weighted by molar-refractivity contribution is 6.30. The van der Waals surface area contributed by atoms with Crippen LogP contribution in [0, 0.1) is 0 Å². The molecule has 0 saturated carbocycles. The van der Waals surface area contributed by atoms with Crippen LogP contribution in [0.2, 0.25) is 5.02 Å². The predicted octanol–water partition coefficient (Wildman–Crippen LogP) is 4.75. The molecule has 0 unspecified atom stereocenters. The van der Waals surface area contributed by atoms with Gasteiger partial charge in [0.15, 0.2) is 12.2 Å². The number of hydrogen-bond acceptors (Lipinski definition) is 3. The lowest BCUT2D eigenvalue weighted by atomic mass is 10.2. The Morgan fingerprint density at radius 2 is 1.75 bits per heavy atom. The molecule has 0 N–H and O–H groups in total. The molecule has 0 saturated heterocycles. The quantitative estimate of drug-likeness (QED) is 0.651. The van der Waals surface area contributed by atoms with E-state index in [1.165, 1.54) is 6.39 Å². The Hall–Kier alpha value is -2.39. The summed E-state index contributed by atoms with van der Waals surface area (Å²) >= 11 is 5.84. The molecule has 0 amide bonds. The summed E-state index contributed by atoms with van der Waals surface area (Å²) in [6.45, 7) is 0. The Morgan fingerprint density at radius 3 is 2.40 bits per heavy atom. The zero-order valence-electron chi connectivity index (χ0n) is 10.5. The fraction of sp³-hybridized carbons (Fsp3) is 0. The summed E-state index contributed by atoms with van der Waals surface area (Å²) < 4.78 is 5.24. The Kier molecular flexibility index (Phi) is 3.61. The molecule has 3 aromatic rings. The lowest BCUT2D eigenvalue weighted by Gasteiger charge is -1.97. The summed E-state index contributed by atoms with van der Waals surface area (Å²) in [6.07, 6.45) is 4.91. The van der Waals surface area contributed by atoms with Gasteiger partial charge in [0, 0.05) is 16.8 Å². The number of oxazole rings is 1. The third-order valence-electron chi connectivity index (χ3n) is 2.82. The number of nitrogens with zero attached hydrogens (tertiary/aromatic N) is 2. The molecule has 0 spiro atoms. The second kappa shape index (κ2) is 5.72. The van der Waals surface area contributed by atoms with Gasteiger partial charge in [0.2, 0.25) is 0 Å². The first-order chi connectivity index (χ1) is 9.81. The zero-order chi connectivity index (χ0) is 13.8. The van der Waals surface area contributed by atoms with Crippen molar-refractivity contribution in [2.24, 2.45) is 4.99 Å². The first-order valence-corrected chi connectivity index (χ1v) is 6.48. The van der Waals surface area contributed by atoms with Crippen molar-refractivity contribution in [2.45, 2.75) is 0 Å². The van der Waals surface area contributed by atoms with E-state index in [9.17, 15) is 0 Å². The lowest BCUT2D eigenvalue weighted by molar-refractivity contribution is 0.572. The highest BCUT2D eigenvalue weighted by Gasteiger charge is 2.00. The number of benzene rings is 2. The fourth-order valence-corrected chi connectivity index (χ4v) is 1.89. The van der Waals surface area contributed by atoms with Crippen molar-refractivity contribution in [1.29, 1.82) is 0 Å². The summed E-state index contributed by atoms with van der Waals surface area (Å²) in [4.78, 5) is 8.31. The van der Waals surface area contributed by atoms with Crippen molar-refractivity contribution in [3.05, 3.63) is 71.7 Å². The minimum Gasteiger partial charge on any atom is -0.444 e. The summed E-state index contributed by atoms with van der Waals surface area (Å²) in [5, 5.41) is 0.721. The molecule has 98 valence electrons. The maximum Gasteiger partial charge on any atom is 0.181 e. The van der Waals surface area contributed by atoms with Gasteiger partial charge in [-0.1, -0.05) is 23.7 Å². The summed E-state index contributed by atoms with van der Waals surface area (Å²) in [7, 11) is 0. The standard InChI is InChI=1S/C16H11ClN2O/c17-14-5-1-12(2-6-14)9-19-15-7-3-13(4-8-15)16-10-18-11-20-16/h1-11H. The van der Waals surface area contributed by atoms with Gasteiger partial charge in [0.25, 0.3) is 0 Å². The molecule has 0 aliphatic rings. The number of aromatic nitrogens is 1. The molecular weight excluding hydrogens is 272 g/mol. The Morgan fingerprint density at radius 1 is 1.00 bits per heavy atom. The van der Waals surface area contributed by atoms with E-state index in [0.717, 1.165) is 27.6 Å². The molecular formula is C16H11ClN2O. The monoisotopic (exact) mass is 282 g/mol. The van der Waals surface area contributed by atoms with Crippen LogP contribution in [-0.4, -0.2) is 11.2 Å². The maximum absolute atomic E-state index is 5.84. The average Bonchev–Trinajstić information content (AvgIpc) is 3.01. The minimum absolute atomic E-state index is 0.721. The smallest absolute Gasteiger partial charge is 0.181 e. The van der Waals surface area contributed by atoms with Gasteiger partial charge in [-0.2, -0.15) is 0 Å². The largest absolute Gasteiger partial charge is 0.444 e. The van der Waals surface area contributed by atoms with Crippen molar-refractivity contribution in [3.8, 4) is 11.3 Å². The summed E-state index contributed by atoms with van der Waals surface area (Å²) in [5.41, 5.74) is 2.87. The molecule has 0 fully saturated rings. The van der Waals surface area contributed by atoms with E-state index < -0.39 is 0 Å². The molecule has 1 aromatic heterocycles. The van der Waals surface area contributed by atoms with Gasteiger partial charge in [0.1, 0.15) is 0 Å². The van der Waals surface area contributed by atoms with Gasteiger partial charge < -0.3 is 4.42 Å². The molecule has 0 aliphatic heterocycles. The maximum atomic E-state index is 5.84. The van der Waals surface area contributed by atoms with E-state index in [4.69, 9.17) is 16.0 Å². The third kappa shape index (κ3) is 2.95. The van der Waals surface area contributed by atoms with E-state index in [-0.39, 0.29) is 0 Å². The molecule has 0 bridgehead atoms. The number of hydrogen-bond donors (Lipinski definition) is 0. The minimum atomic E-state index is 0.721. The van der Waals surface area contributed by atoms with Crippen LogP contribution < -0.4 is 0 Å². The van der Waals surface area contributed by atoms with Crippen molar-refractivity contribution in [3.63, 3.8) is 0 Å². The van der Waals surface area contributed by atoms with Gasteiger partial charge in [-0.25, -0.2) is 4.98 Å². The average molecular weight is 283 g/mol. The van der Waals surface area contributed by atoms with E-state index >= 15 is 0 Å². The molecule has 0 radical (unpaired) electrons. The number of rotatable bonds is 3. The Bertz CT molecular complexity index is 701. The predicted molar refractivity (Wildman–Crippen MR) is 80.6 cm³/mol. The molecule has 3 rings (SSSR count). The van der Waals surface area contributed by atoms with Crippen molar-refractivity contribution in [2.75, 3.05) is 0 Å². The van der Waals surface area contributed by atoms with Crippen molar-refractivity contribution < 1.29 is 4.42 Å². The van der Waals surface area contributed by atoms with Crippen molar-refractivity contribution in [1.82, 2.24) is 4.98 Å². The van der Waals surface area contributed by atoms with E-state index in [2.05, 4.69) is 9.98 Å². The normalized spacial score (nSPS) is 11.1. The Labute approximate surface area is 121 Å². The SMILES string of the molecule is Clc1ccc(C=Nc2ccc(-c3cnco3)cc2)cc1. The van der Waals surface area contributed by atoms with Crippen LogP contribution in [0.4, 0.5) is 5.69 Å². The van der Waals surface area contributed by atoms with E-state index in [1.807, 2.05) is 48.5 Å². The van der Waals surface area contributed by atoms with Gasteiger partial charge >= 0.3 is 0 Å².